The number of hydrogen-bond donors (Lipinski definition) is 1. The first-order valence-corrected chi connectivity index (χ1v) is 4.84. The molecular formula is C8H7NSn. The van der Waals surface area contributed by atoms with Gasteiger partial charge in [0.15, 0.2) is 0 Å². The Morgan fingerprint density at radius 1 is 1.20 bits per heavy atom. The molecule has 0 fully saturated rings. The van der Waals surface area contributed by atoms with Gasteiger partial charge < -0.3 is 0 Å². The second kappa shape index (κ2) is 2.31. The molecule has 0 unspecified atom stereocenters. The standard InChI is InChI=1S/C8H6N.Sn.H/c1-2-4-8-7(3-1)5-6-9-8;;/h1-5,9H;;. The third-order valence-electron chi connectivity index (χ3n) is 1.55. The fourth-order valence-corrected chi connectivity index (χ4v) is 2.05. The van der Waals surface area contributed by atoms with Crippen molar-refractivity contribution in [3.8, 4) is 0 Å². The van der Waals surface area contributed by atoms with Crippen molar-refractivity contribution in [2.75, 3.05) is 0 Å². The molecule has 2 heteroatoms. The summed E-state index contributed by atoms with van der Waals surface area (Å²) < 4.78 is 1.35. The van der Waals surface area contributed by atoms with Gasteiger partial charge in [-0.1, -0.05) is 0 Å². The van der Waals surface area contributed by atoms with E-state index < -0.39 is 0 Å². The Morgan fingerprint density at radius 2 is 2.00 bits per heavy atom. The number of benzene rings is 1. The number of para-hydroxylation sites is 1. The molecule has 1 aromatic carbocycles. The van der Waals surface area contributed by atoms with E-state index >= 15 is 0 Å². The summed E-state index contributed by atoms with van der Waals surface area (Å²) in [6.45, 7) is 0. The van der Waals surface area contributed by atoms with E-state index in [2.05, 4.69) is 35.3 Å². The van der Waals surface area contributed by atoms with Crippen molar-refractivity contribution < 1.29 is 0 Å². The molecule has 2 radical (unpaired) electrons. The van der Waals surface area contributed by atoms with Crippen molar-refractivity contribution in [3.63, 3.8) is 0 Å². The first-order valence-electron chi connectivity index (χ1n) is 3.19. The van der Waals surface area contributed by atoms with Gasteiger partial charge in [-0.3, -0.25) is 0 Å². The van der Waals surface area contributed by atoms with Crippen molar-refractivity contribution in [2.45, 2.75) is 0 Å². The molecule has 0 atom stereocenters. The molecule has 48 valence electrons. The molecule has 0 aliphatic carbocycles. The van der Waals surface area contributed by atoms with E-state index in [1.54, 1.807) is 0 Å². The summed E-state index contributed by atoms with van der Waals surface area (Å²) in [5.74, 6) is 0. The Hall–Kier alpha value is -0.441. The summed E-state index contributed by atoms with van der Waals surface area (Å²) in [6.07, 6.45) is 0. The van der Waals surface area contributed by atoms with Crippen LogP contribution >= 0.6 is 0 Å². The average Bonchev–Trinajstić information content (AvgIpc) is 2.27. The van der Waals surface area contributed by atoms with Gasteiger partial charge in [-0.2, -0.15) is 0 Å². The number of aromatic nitrogens is 1. The van der Waals surface area contributed by atoms with Crippen molar-refractivity contribution in [1.82, 2.24) is 4.98 Å². The predicted octanol–water partition coefficient (Wildman–Crippen LogP) is 0.694. The minimum atomic E-state index is 1.17. The van der Waals surface area contributed by atoms with Gasteiger partial charge in [-0.05, 0) is 0 Å². The molecule has 0 amide bonds. The number of H-pyrrole nitrogens is 1. The van der Waals surface area contributed by atoms with Crippen LogP contribution < -0.4 is 3.71 Å². The molecule has 0 bridgehead atoms. The summed E-state index contributed by atoms with van der Waals surface area (Å²) in [6, 6.07) is 10.6. The van der Waals surface area contributed by atoms with Gasteiger partial charge >= 0.3 is 72.5 Å². The summed E-state index contributed by atoms with van der Waals surface area (Å²) >= 11 is 1.17. The Kier molecular flexibility index (Phi) is 1.45. The number of hydrogen-bond acceptors (Lipinski definition) is 0. The molecule has 2 rings (SSSR count). The number of nitrogens with one attached hydrogen (secondary N) is 1. The fraction of sp³-hybridized carbons (Fsp3) is 0. The molecule has 0 spiro atoms. The molecule has 1 nitrogen and oxygen atoms in total. The van der Waals surface area contributed by atoms with Crippen LogP contribution in [0.2, 0.25) is 0 Å². The van der Waals surface area contributed by atoms with Crippen molar-refractivity contribution in [1.29, 1.82) is 0 Å². The third kappa shape index (κ3) is 0.944. The Morgan fingerprint density at radius 3 is 2.80 bits per heavy atom. The molecule has 0 aliphatic heterocycles. The van der Waals surface area contributed by atoms with Crippen LogP contribution in [0.4, 0.5) is 0 Å². The maximum atomic E-state index is 3.32. The van der Waals surface area contributed by atoms with Gasteiger partial charge in [0.25, 0.3) is 0 Å². The van der Waals surface area contributed by atoms with Crippen molar-refractivity contribution >= 4 is 37.1 Å². The molecule has 1 aromatic heterocycles. The average molecular weight is 236 g/mol. The van der Waals surface area contributed by atoms with E-state index in [4.69, 9.17) is 0 Å². The molecule has 0 aliphatic rings. The molecule has 2 aromatic rings. The molecule has 0 saturated heterocycles. The molecule has 1 N–H and O–H groups in total. The van der Waals surface area contributed by atoms with Crippen LogP contribution in [-0.2, 0) is 0 Å². The zero-order chi connectivity index (χ0) is 6.97. The third-order valence-corrected chi connectivity index (χ3v) is 2.44. The van der Waals surface area contributed by atoms with Crippen LogP contribution in [0.25, 0.3) is 10.9 Å². The van der Waals surface area contributed by atoms with Gasteiger partial charge in [-0.25, -0.2) is 0 Å². The normalized spacial score (nSPS) is 10.5. The first-order chi connectivity index (χ1) is 4.86. The van der Waals surface area contributed by atoms with Gasteiger partial charge in [0.1, 0.15) is 0 Å². The van der Waals surface area contributed by atoms with Crippen LogP contribution in [-0.4, -0.2) is 27.5 Å². The first kappa shape index (κ1) is 6.28. The predicted molar refractivity (Wildman–Crippen MR) is 45.1 cm³/mol. The molecular weight excluding hydrogens is 229 g/mol. The fourth-order valence-electron chi connectivity index (χ4n) is 1.10. The van der Waals surface area contributed by atoms with Gasteiger partial charge in [0.2, 0.25) is 0 Å². The molecule has 10 heavy (non-hydrogen) atoms. The number of rotatable bonds is 0. The van der Waals surface area contributed by atoms with Crippen molar-refractivity contribution in [2.24, 2.45) is 0 Å². The van der Waals surface area contributed by atoms with Crippen LogP contribution in [0.1, 0.15) is 0 Å². The summed E-state index contributed by atoms with van der Waals surface area (Å²) in [4.78, 5) is 3.32. The van der Waals surface area contributed by atoms with Crippen LogP contribution in [0.3, 0.4) is 0 Å². The zero-order valence-electron chi connectivity index (χ0n) is 5.46. The second-order valence-corrected chi connectivity index (χ2v) is 4.09. The van der Waals surface area contributed by atoms with Gasteiger partial charge in [0.05, 0.1) is 0 Å². The monoisotopic (exact) mass is 237 g/mol. The van der Waals surface area contributed by atoms with Crippen LogP contribution in [0, 0.1) is 0 Å². The van der Waals surface area contributed by atoms with Crippen LogP contribution in [0.5, 0.6) is 0 Å². The van der Waals surface area contributed by atoms with E-state index in [0.29, 0.717) is 0 Å². The van der Waals surface area contributed by atoms with E-state index in [-0.39, 0.29) is 0 Å². The summed E-state index contributed by atoms with van der Waals surface area (Å²) in [5.41, 5.74) is 1.25. The summed E-state index contributed by atoms with van der Waals surface area (Å²) in [5, 5.41) is 1.32. The Bertz CT molecular complexity index is 318. The van der Waals surface area contributed by atoms with E-state index in [1.165, 1.54) is 37.1 Å². The molecule has 1 heterocycles. The summed E-state index contributed by atoms with van der Waals surface area (Å²) in [7, 11) is 0. The van der Waals surface area contributed by atoms with Gasteiger partial charge in [0, 0.05) is 0 Å². The Balaban J connectivity index is 2.88. The van der Waals surface area contributed by atoms with E-state index in [9.17, 15) is 0 Å². The molecule has 0 saturated carbocycles. The van der Waals surface area contributed by atoms with E-state index in [1.807, 2.05) is 0 Å². The minimum absolute atomic E-state index is 1.17. The quantitative estimate of drug-likeness (QED) is 0.647. The zero-order valence-corrected chi connectivity index (χ0v) is 8.76. The van der Waals surface area contributed by atoms with Crippen molar-refractivity contribution in [3.05, 3.63) is 30.3 Å². The topological polar surface area (TPSA) is 15.8 Å². The Labute approximate surface area is 72.5 Å². The van der Waals surface area contributed by atoms with E-state index in [0.717, 1.165) is 0 Å². The number of fused-ring (bicyclic) bond motifs is 1. The SMILES string of the molecule is [SnH][c]1cc2ccccc2[nH]1. The second-order valence-electron chi connectivity index (χ2n) is 2.31. The van der Waals surface area contributed by atoms with Gasteiger partial charge in [-0.15, -0.1) is 0 Å². The van der Waals surface area contributed by atoms with Crippen LogP contribution in [0.15, 0.2) is 30.3 Å². The number of aromatic amines is 1. The maximum absolute atomic E-state index is 3.32.